The van der Waals surface area contributed by atoms with Crippen molar-refractivity contribution < 1.29 is 5.11 Å². The number of nitrogen functional groups attached to an aromatic ring is 1. The van der Waals surface area contributed by atoms with E-state index in [1.54, 1.807) is 11.3 Å². The van der Waals surface area contributed by atoms with Crippen molar-refractivity contribution in [1.82, 2.24) is 9.97 Å². The zero-order chi connectivity index (χ0) is 13.8. The molecule has 0 saturated carbocycles. The van der Waals surface area contributed by atoms with Crippen molar-refractivity contribution in [2.24, 2.45) is 5.84 Å². The number of anilines is 2. The summed E-state index contributed by atoms with van der Waals surface area (Å²) < 4.78 is 0. The summed E-state index contributed by atoms with van der Waals surface area (Å²) in [5.74, 6) is 6.66. The van der Waals surface area contributed by atoms with Gasteiger partial charge in [-0.05, 0) is 19.4 Å². The Kier molecular flexibility index (Phi) is 4.52. The van der Waals surface area contributed by atoms with Gasteiger partial charge in [0.05, 0.1) is 12.0 Å². The third kappa shape index (κ3) is 2.94. The summed E-state index contributed by atoms with van der Waals surface area (Å²) in [5.41, 5.74) is 2.50. The number of aromatic nitrogens is 2. The molecule has 0 aromatic carbocycles. The van der Waals surface area contributed by atoms with Gasteiger partial charge in [0.15, 0.2) is 0 Å². The van der Waals surface area contributed by atoms with Crippen LogP contribution in [0.1, 0.15) is 18.2 Å². The predicted molar refractivity (Wildman–Crippen MR) is 79.6 cm³/mol. The van der Waals surface area contributed by atoms with Crippen molar-refractivity contribution in [3.63, 3.8) is 0 Å². The number of hydrogen-bond acceptors (Lipinski definition) is 7. The zero-order valence-electron chi connectivity index (χ0n) is 11.2. The molecule has 4 N–H and O–H groups in total. The highest BCUT2D eigenvalue weighted by atomic mass is 32.1. The van der Waals surface area contributed by atoms with Gasteiger partial charge in [0.2, 0.25) is 5.95 Å². The molecule has 0 saturated heterocycles. The molecule has 0 amide bonds. The Morgan fingerprint density at radius 3 is 2.84 bits per heavy atom. The molecule has 6 nitrogen and oxygen atoms in total. The van der Waals surface area contributed by atoms with Gasteiger partial charge in [-0.2, -0.15) is 4.98 Å². The van der Waals surface area contributed by atoms with E-state index in [1.165, 1.54) is 4.88 Å². The standard InChI is InChI=1S/C12H19N5OS/c1-3-4-17(5-6-18)10-9-7-8(2)19-11(9)15-12(14-10)16-13/h7,18H,3-6,13H2,1-2H3,(H,14,15,16). The van der Waals surface area contributed by atoms with Gasteiger partial charge in [-0.15, -0.1) is 11.3 Å². The molecule has 0 aliphatic heterocycles. The highest BCUT2D eigenvalue weighted by Gasteiger charge is 2.15. The quantitative estimate of drug-likeness (QED) is 0.549. The van der Waals surface area contributed by atoms with Crippen molar-refractivity contribution in [2.45, 2.75) is 20.3 Å². The van der Waals surface area contributed by atoms with E-state index in [2.05, 4.69) is 33.3 Å². The second-order valence-electron chi connectivity index (χ2n) is 4.30. The van der Waals surface area contributed by atoms with E-state index >= 15 is 0 Å². The van der Waals surface area contributed by atoms with E-state index in [4.69, 9.17) is 5.84 Å². The highest BCUT2D eigenvalue weighted by Crippen LogP contribution is 2.31. The number of nitrogens with two attached hydrogens (primary N) is 1. The fourth-order valence-electron chi connectivity index (χ4n) is 2.05. The normalized spacial score (nSPS) is 10.9. The van der Waals surface area contributed by atoms with E-state index in [0.29, 0.717) is 12.5 Å². The van der Waals surface area contributed by atoms with Crippen molar-refractivity contribution in [2.75, 3.05) is 30.0 Å². The average Bonchev–Trinajstić information content (AvgIpc) is 2.77. The summed E-state index contributed by atoms with van der Waals surface area (Å²) in [7, 11) is 0. The van der Waals surface area contributed by atoms with E-state index in [-0.39, 0.29) is 6.61 Å². The number of aliphatic hydroxyl groups is 1. The number of aryl methyl sites for hydroxylation is 1. The van der Waals surface area contributed by atoms with E-state index in [9.17, 15) is 5.11 Å². The lowest BCUT2D eigenvalue weighted by Crippen LogP contribution is -2.29. The molecule has 0 radical (unpaired) electrons. The van der Waals surface area contributed by atoms with Crippen LogP contribution in [-0.4, -0.2) is 34.8 Å². The lowest BCUT2D eigenvalue weighted by molar-refractivity contribution is 0.301. The number of rotatable bonds is 6. The smallest absolute Gasteiger partial charge is 0.240 e. The molecule has 0 bridgehead atoms. The molecule has 2 aromatic rings. The average molecular weight is 281 g/mol. The Morgan fingerprint density at radius 1 is 1.42 bits per heavy atom. The molecule has 2 heterocycles. The molecule has 0 spiro atoms. The zero-order valence-corrected chi connectivity index (χ0v) is 12.0. The Labute approximate surface area is 116 Å². The fourth-order valence-corrected chi connectivity index (χ4v) is 2.92. The van der Waals surface area contributed by atoms with E-state index in [1.807, 2.05) is 6.92 Å². The van der Waals surface area contributed by atoms with Gasteiger partial charge in [0, 0.05) is 18.0 Å². The minimum atomic E-state index is 0.0972. The predicted octanol–water partition coefficient (Wildman–Crippen LogP) is 1.49. The van der Waals surface area contributed by atoms with Crippen LogP contribution >= 0.6 is 11.3 Å². The Balaban J connectivity index is 2.54. The molecular formula is C12H19N5OS. The number of hydrogen-bond donors (Lipinski definition) is 3. The number of thiophene rings is 1. The largest absolute Gasteiger partial charge is 0.395 e. The van der Waals surface area contributed by atoms with Crippen LogP contribution in [-0.2, 0) is 0 Å². The van der Waals surface area contributed by atoms with Crippen molar-refractivity contribution >= 4 is 33.3 Å². The molecule has 2 aromatic heterocycles. The minimum absolute atomic E-state index is 0.0972. The Hall–Kier alpha value is -1.44. The fraction of sp³-hybridized carbons (Fsp3) is 0.500. The van der Waals surface area contributed by atoms with Gasteiger partial charge in [0.25, 0.3) is 0 Å². The van der Waals surface area contributed by atoms with E-state index < -0.39 is 0 Å². The van der Waals surface area contributed by atoms with Crippen LogP contribution in [0.2, 0.25) is 0 Å². The van der Waals surface area contributed by atoms with Crippen LogP contribution in [0.25, 0.3) is 10.2 Å². The maximum atomic E-state index is 9.21. The second kappa shape index (κ2) is 6.14. The number of hydrazine groups is 1. The van der Waals surface area contributed by atoms with Crippen molar-refractivity contribution in [3.8, 4) is 0 Å². The van der Waals surface area contributed by atoms with Crippen LogP contribution in [0, 0.1) is 6.92 Å². The van der Waals surface area contributed by atoms with Crippen molar-refractivity contribution in [3.05, 3.63) is 10.9 Å². The Morgan fingerprint density at radius 2 is 2.21 bits per heavy atom. The maximum Gasteiger partial charge on any atom is 0.240 e. The van der Waals surface area contributed by atoms with E-state index in [0.717, 1.165) is 29.0 Å². The minimum Gasteiger partial charge on any atom is -0.395 e. The Bertz CT molecular complexity index is 550. The molecule has 2 rings (SSSR count). The second-order valence-corrected chi connectivity index (χ2v) is 5.54. The van der Waals surface area contributed by atoms with Crippen LogP contribution < -0.4 is 16.2 Å². The maximum absolute atomic E-state index is 9.21. The molecule has 104 valence electrons. The van der Waals surface area contributed by atoms with Crippen LogP contribution in [0.3, 0.4) is 0 Å². The molecule has 7 heteroatoms. The van der Waals surface area contributed by atoms with Gasteiger partial charge in [-0.1, -0.05) is 6.92 Å². The third-order valence-corrected chi connectivity index (χ3v) is 3.73. The van der Waals surface area contributed by atoms with Gasteiger partial charge in [-0.25, -0.2) is 10.8 Å². The summed E-state index contributed by atoms with van der Waals surface area (Å²) in [5, 5.41) is 10.2. The lowest BCUT2D eigenvalue weighted by Gasteiger charge is -2.23. The summed E-state index contributed by atoms with van der Waals surface area (Å²) in [6.45, 7) is 5.63. The summed E-state index contributed by atoms with van der Waals surface area (Å²) in [6.07, 6.45) is 0.986. The molecule has 0 atom stereocenters. The molecule has 0 aliphatic carbocycles. The first-order valence-electron chi connectivity index (χ1n) is 6.30. The topological polar surface area (TPSA) is 87.3 Å². The number of aliphatic hydroxyl groups excluding tert-OH is 1. The molecule has 0 aliphatic rings. The van der Waals surface area contributed by atoms with Gasteiger partial charge in [-0.3, -0.25) is 5.43 Å². The first-order valence-corrected chi connectivity index (χ1v) is 7.11. The van der Waals surface area contributed by atoms with Crippen molar-refractivity contribution in [1.29, 1.82) is 0 Å². The van der Waals surface area contributed by atoms with Crippen LogP contribution in [0.15, 0.2) is 6.07 Å². The first kappa shape index (κ1) is 14.0. The molecule has 0 fully saturated rings. The summed E-state index contributed by atoms with van der Waals surface area (Å²) >= 11 is 1.61. The molecule has 19 heavy (non-hydrogen) atoms. The molecule has 0 unspecified atom stereocenters. The number of nitrogens with zero attached hydrogens (tertiary/aromatic N) is 3. The summed E-state index contributed by atoms with van der Waals surface area (Å²) in [4.78, 5) is 13.0. The number of nitrogens with one attached hydrogen (secondary N) is 1. The van der Waals surface area contributed by atoms with Gasteiger partial charge in [0.1, 0.15) is 10.6 Å². The summed E-state index contributed by atoms with van der Waals surface area (Å²) in [6, 6.07) is 2.08. The monoisotopic (exact) mass is 281 g/mol. The van der Waals surface area contributed by atoms with Crippen LogP contribution in [0.4, 0.5) is 11.8 Å². The lowest BCUT2D eigenvalue weighted by atomic mass is 10.3. The van der Waals surface area contributed by atoms with Gasteiger partial charge >= 0.3 is 0 Å². The SMILES string of the molecule is CCCN(CCO)c1nc(NN)nc2sc(C)cc12. The number of fused-ring (bicyclic) bond motifs is 1. The van der Waals surface area contributed by atoms with Gasteiger partial charge < -0.3 is 10.0 Å². The highest BCUT2D eigenvalue weighted by molar-refractivity contribution is 7.18. The third-order valence-electron chi connectivity index (χ3n) is 2.79. The molecular weight excluding hydrogens is 262 g/mol. The first-order chi connectivity index (χ1) is 9.19. The van der Waals surface area contributed by atoms with Crippen LogP contribution in [0.5, 0.6) is 0 Å².